The first-order valence-corrected chi connectivity index (χ1v) is 10.8. The van der Waals surface area contributed by atoms with Crippen molar-refractivity contribution in [2.75, 3.05) is 45.7 Å². The maximum atomic E-state index is 9.37. The molecule has 3 N–H and O–H groups in total. The second-order valence-corrected chi connectivity index (χ2v) is 8.11. The average molecular weight is 400 g/mol. The van der Waals surface area contributed by atoms with Crippen molar-refractivity contribution in [2.24, 2.45) is 10.4 Å². The molecular formula is C19H30ClN3O2S. The number of rotatable bonds is 9. The van der Waals surface area contributed by atoms with Crippen molar-refractivity contribution >= 4 is 29.3 Å². The van der Waals surface area contributed by atoms with Gasteiger partial charge in [0.15, 0.2) is 5.96 Å². The van der Waals surface area contributed by atoms with E-state index in [0.29, 0.717) is 18.4 Å². The fraction of sp³-hybridized carbons (Fsp3) is 0.632. The van der Waals surface area contributed by atoms with Crippen molar-refractivity contribution in [1.82, 2.24) is 10.6 Å². The van der Waals surface area contributed by atoms with E-state index in [1.165, 1.54) is 5.56 Å². The first-order valence-electron chi connectivity index (χ1n) is 9.11. The van der Waals surface area contributed by atoms with E-state index in [9.17, 15) is 5.11 Å². The monoisotopic (exact) mass is 399 g/mol. The summed E-state index contributed by atoms with van der Waals surface area (Å²) in [4.78, 5) is 4.77. The molecule has 0 aromatic heterocycles. The van der Waals surface area contributed by atoms with Crippen LogP contribution in [0, 0.1) is 5.41 Å². The van der Waals surface area contributed by atoms with Crippen molar-refractivity contribution in [3.8, 4) is 0 Å². The molecule has 1 aromatic carbocycles. The Morgan fingerprint density at radius 2 is 2.31 bits per heavy atom. The van der Waals surface area contributed by atoms with E-state index in [0.717, 1.165) is 43.5 Å². The molecule has 1 aliphatic rings. The van der Waals surface area contributed by atoms with Crippen LogP contribution in [0.4, 0.5) is 0 Å². The Labute approximate surface area is 165 Å². The summed E-state index contributed by atoms with van der Waals surface area (Å²) in [7, 11) is 0. The van der Waals surface area contributed by atoms with Gasteiger partial charge in [-0.05, 0) is 43.7 Å². The third kappa shape index (κ3) is 6.34. The number of benzene rings is 1. The van der Waals surface area contributed by atoms with Crippen LogP contribution in [0.25, 0.3) is 0 Å². The molecule has 26 heavy (non-hydrogen) atoms. The Bertz CT molecular complexity index is 580. The van der Waals surface area contributed by atoms with Crippen LogP contribution in [0.5, 0.6) is 0 Å². The van der Waals surface area contributed by atoms with E-state index in [2.05, 4.69) is 29.9 Å². The van der Waals surface area contributed by atoms with E-state index in [1.807, 2.05) is 18.2 Å². The number of aliphatic hydroxyl groups excluding tert-OH is 1. The summed E-state index contributed by atoms with van der Waals surface area (Å²) < 4.78 is 5.55. The van der Waals surface area contributed by atoms with E-state index in [-0.39, 0.29) is 12.0 Å². The molecule has 2 unspecified atom stereocenters. The van der Waals surface area contributed by atoms with Crippen LogP contribution in [-0.2, 0) is 4.74 Å². The topological polar surface area (TPSA) is 65.9 Å². The smallest absolute Gasteiger partial charge is 0.191 e. The normalized spacial score (nSPS) is 21.6. The number of guanidine groups is 1. The van der Waals surface area contributed by atoms with Crippen LogP contribution >= 0.6 is 23.4 Å². The zero-order valence-corrected chi connectivity index (χ0v) is 17.2. The highest BCUT2D eigenvalue weighted by Crippen LogP contribution is 2.32. The summed E-state index contributed by atoms with van der Waals surface area (Å²) in [5.74, 6) is 0.804. The van der Waals surface area contributed by atoms with E-state index >= 15 is 0 Å². The molecule has 1 aromatic rings. The first-order chi connectivity index (χ1) is 12.6. The Morgan fingerprint density at radius 1 is 1.46 bits per heavy atom. The van der Waals surface area contributed by atoms with Crippen molar-refractivity contribution in [3.05, 3.63) is 34.9 Å². The molecule has 1 aliphatic heterocycles. The first kappa shape index (κ1) is 21.4. The summed E-state index contributed by atoms with van der Waals surface area (Å²) in [6, 6.07) is 8.00. The van der Waals surface area contributed by atoms with Gasteiger partial charge >= 0.3 is 0 Å². The number of aliphatic hydroxyl groups is 1. The van der Waals surface area contributed by atoms with Gasteiger partial charge in [-0.25, -0.2) is 0 Å². The summed E-state index contributed by atoms with van der Waals surface area (Å²) >= 11 is 7.91. The van der Waals surface area contributed by atoms with Gasteiger partial charge in [-0.3, -0.25) is 4.99 Å². The molecule has 0 bridgehead atoms. The number of ether oxygens (including phenoxy) is 1. The molecule has 146 valence electrons. The number of halogens is 1. The van der Waals surface area contributed by atoms with Gasteiger partial charge in [-0.15, -0.1) is 0 Å². The van der Waals surface area contributed by atoms with Gasteiger partial charge < -0.3 is 20.5 Å². The number of thioether (sulfide) groups is 1. The lowest BCUT2D eigenvalue weighted by Gasteiger charge is -2.25. The maximum Gasteiger partial charge on any atom is 0.191 e. The third-order valence-electron chi connectivity index (χ3n) is 4.70. The number of nitrogens with one attached hydrogen (secondary N) is 2. The lowest BCUT2D eigenvalue weighted by atomic mass is 9.84. The number of nitrogens with zero attached hydrogens (tertiary/aromatic N) is 1. The lowest BCUT2D eigenvalue weighted by Crippen LogP contribution is -2.40. The molecule has 1 heterocycles. The van der Waals surface area contributed by atoms with Crippen LogP contribution in [0.2, 0.25) is 5.02 Å². The summed E-state index contributed by atoms with van der Waals surface area (Å²) in [5, 5.41) is 17.2. The Balaban J connectivity index is 1.99. The van der Waals surface area contributed by atoms with Crippen molar-refractivity contribution < 1.29 is 9.84 Å². The molecule has 1 fully saturated rings. The Morgan fingerprint density at radius 3 is 2.92 bits per heavy atom. The molecule has 5 nitrogen and oxygen atoms in total. The minimum Gasteiger partial charge on any atom is -0.396 e. The lowest BCUT2D eigenvalue weighted by molar-refractivity contribution is 0.131. The van der Waals surface area contributed by atoms with Crippen LogP contribution in [0.1, 0.15) is 30.6 Å². The van der Waals surface area contributed by atoms with Gasteiger partial charge in [0.05, 0.1) is 13.2 Å². The SMILES string of the molecule is CCNC(=NCC1(CCO)CCOC1)NCC(SC)c1cccc(Cl)c1. The van der Waals surface area contributed by atoms with Crippen LogP contribution in [0.3, 0.4) is 0 Å². The number of hydrogen-bond donors (Lipinski definition) is 3. The standard InChI is InChI=1S/C19H30ClN3O2S/c1-3-21-18(23-13-19(7-9-24)8-10-25-14-19)22-12-17(26-2)15-5-4-6-16(20)11-15/h4-6,11,17,24H,3,7-10,12-14H2,1-2H3,(H2,21,22,23). The van der Waals surface area contributed by atoms with E-state index in [1.54, 1.807) is 11.8 Å². The predicted octanol–water partition coefficient (Wildman–Crippen LogP) is 3.09. The van der Waals surface area contributed by atoms with Gasteiger partial charge in [0.1, 0.15) is 0 Å². The molecule has 0 saturated carbocycles. The van der Waals surface area contributed by atoms with Crippen molar-refractivity contribution in [3.63, 3.8) is 0 Å². The van der Waals surface area contributed by atoms with E-state index < -0.39 is 0 Å². The minimum atomic E-state index is -0.0387. The number of hydrogen-bond acceptors (Lipinski definition) is 4. The Hall–Kier alpha value is -0.950. The fourth-order valence-corrected chi connectivity index (χ4v) is 3.98. The Kier molecular flexibility index (Phi) is 9.05. The molecule has 2 atom stereocenters. The van der Waals surface area contributed by atoms with Crippen LogP contribution in [0.15, 0.2) is 29.3 Å². The maximum absolute atomic E-state index is 9.37. The highest BCUT2D eigenvalue weighted by atomic mass is 35.5. The molecule has 7 heteroatoms. The summed E-state index contributed by atoms with van der Waals surface area (Å²) in [5.41, 5.74) is 1.16. The second-order valence-electron chi connectivity index (χ2n) is 6.63. The molecule has 0 amide bonds. The van der Waals surface area contributed by atoms with Crippen molar-refractivity contribution in [1.29, 1.82) is 0 Å². The fourth-order valence-electron chi connectivity index (χ4n) is 3.11. The zero-order chi connectivity index (χ0) is 18.8. The van der Waals surface area contributed by atoms with E-state index in [4.69, 9.17) is 21.3 Å². The molecule has 0 aliphatic carbocycles. The van der Waals surface area contributed by atoms with Crippen LogP contribution < -0.4 is 10.6 Å². The van der Waals surface area contributed by atoms with Gasteiger partial charge in [-0.2, -0.15) is 11.8 Å². The highest BCUT2D eigenvalue weighted by Gasteiger charge is 2.34. The largest absolute Gasteiger partial charge is 0.396 e. The average Bonchev–Trinajstić information content (AvgIpc) is 3.09. The predicted molar refractivity (Wildman–Crippen MR) is 111 cm³/mol. The highest BCUT2D eigenvalue weighted by molar-refractivity contribution is 7.98. The number of aliphatic imine (C=N–C) groups is 1. The molecule has 1 saturated heterocycles. The van der Waals surface area contributed by atoms with Gasteiger partial charge in [0.2, 0.25) is 0 Å². The molecule has 2 rings (SSSR count). The van der Waals surface area contributed by atoms with Gasteiger partial charge in [-0.1, -0.05) is 23.7 Å². The third-order valence-corrected chi connectivity index (χ3v) is 5.95. The second kappa shape index (κ2) is 11.0. The quantitative estimate of drug-likeness (QED) is 0.440. The van der Waals surface area contributed by atoms with Gasteiger partial charge in [0, 0.05) is 42.0 Å². The molecule has 0 spiro atoms. The summed E-state index contributed by atoms with van der Waals surface area (Å²) in [6.45, 7) is 5.88. The molecular weight excluding hydrogens is 370 g/mol. The minimum absolute atomic E-state index is 0.0387. The molecule has 0 radical (unpaired) electrons. The van der Waals surface area contributed by atoms with Crippen molar-refractivity contribution in [2.45, 2.75) is 25.0 Å². The summed E-state index contributed by atoms with van der Waals surface area (Å²) in [6.07, 6.45) is 3.78. The van der Waals surface area contributed by atoms with Gasteiger partial charge in [0.25, 0.3) is 0 Å². The zero-order valence-electron chi connectivity index (χ0n) is 15.6. The van der Waals surface area contributed by atoms with Crippen LogP contribution in [-0.4, -0.2) is 56.8 Å².